The molecule has 0 saturated carbocycles. The van der Waals surface area contributed by atoms with Crippen LogP contribution in [0.3, 0.4) is 0 Å². The molecule has 1 heterocycles. The van der Waals surface area contributed by atoms with Gasteiger partial charge in [0.15, 0.2) is 4.71 Å². The second-order valence-corrected chi connectivity index (χ2v) is 3.35. The van der Waals surface area contributed by atoms with Gasteiger partial charge in [-0.3, -0.25) is 0 Å². The third-order valence-corrected chi connectivity index (χ3v) is 2.14. The quantitative estimate of drug-likeness (QED) is 0.270. The summed E-state index contributed by atoms with van der Waals surface area (Å²) in [4.78, 5) is 0. The summed E-state index contributed by atoms with van der Waals surface area (Å²) < 4.78 is 56.1. The summed E-state index contributed by atoms with van der Waals surface area (Å²) in [6, 6.07) is 9.19. The summed E-state index contributed by atoms with van der Waals surface area (Å²) in [6.07, 6.45) is 5.10. The van der Waals surface area contributed by atoms with Crippen molar-refractivity contribution in [1.82, 2.24) is 0 Å². The fourth-order valence-corrected chi connectivity index (χ4v) is 1.41. The van der Waals surface area contributed by atoms with Gasteiger partial charge in [0.2, 0.25) is 0 Å². The molecule has 29 heavy (non-hydrogen) atoms. The van der Waals surface area contributed by atoms with Crippen LogP contribution < -0.4 is 4.74 Å². The van der Waals surface area contributed by atoms with Crippen LogP contribution in [-0.2, 0) is 61.5 Å². The maximum absolute atomic E-state index is 7.50. The van der Waals surface area contributed by atoms with E-state index < -0.39 is 0 Å². The molecule has 0 atom stereocenters. The molecular formula is C18H8Co2O8S. The fourth-order valence-electron chi connectivity index (χ4n) is 1.26. The predicted octanol–water partition coefficient (Wildman–Crippen LogP) is 2.94. The third-order valence-electron chi connectivity index (χ3n) is 1.92. The number of benzene rings is 1. The normalized spacial score (nSPS) is 5.48. The number of ether oxygens (including phenoxy) is 1. The molecule has 2 radical (unpaired) electrons. The molecule has 1 aromatic heterocycles. The zero-order valence-electron chi connectivity index (χ0n) is 14.0. The van der Waals surface area contributed by atoms with Gasteiger partial charge in [0, 0.05) is 45.0 Å². The molecule has 0 spiro atoms. The van der Waals surface area contributed by atoms with Crippen molar-refractivity contribution in [2.75, 3.05) is 6.61 Å². The first-order valence-corrected chi connectivity index (χ1v) is 6.03. The first-order valence-electron chi connectivity index (χ1n) is 5.62. The van der Waals surface area contributed by atoms with Gasteiger partial charge in [0.1, 0.15) is 17.9 Å². The maximum atomic E-state index is 7.50. The van der Waals surface area contributed by atoms with Crippen LogP contribution in [0.4, 0.5) is 0 Å². The topological polar surface area (TPSA) is 142 Å². The Morgan fingerprint density at radius 2 is 1.24 bits per heavy atom. The second kappa shape index (κ2) is 44.8. The van der Waals surface area contributed by atoms with Crippen molar-refractivity contribution in [3.63, 3.8) is 0 Å². The molecule has 0 fully saturated rings. The Hall–Kier alpha value is -2.34. The molecule has 0 aliphatic heterocycles. The molecule has 1 aromatic carbocycles. The average molecular weight is 502 g/mol. The van der Waals surface area contributed by atoms with Crippen molar-refractivity contribution >= 4 is 23.2 Å². The van der Waals surface area contributed by atoms with E-state index in [4.69, 9.17) is 55.7 Å². The number of hydrogen-bond donors (Lipinski definition) is 0. The minimum Gasteiger partial charge on any atom is 0 e. The van der Waals surface area contributed by atoms with E-state index in [1.54, 1.807) is 12.1 Å². The van der Waals surface area contributed by atoms with Crippen LogP contribution in [0, 0.1) is 57.0 Å². The number of hydrogen-bond acceptors (Lipinski definition) is 3. The molecule has 0 bridgehead atoms. The van der Waals surface area contributed by atoms with E-state index in [1.807, 2.05) is 18.2 Å². The molecule has 2 rings (SSSR count). The SMILES string of the molecule is C#CCOc1ccc2ccc(=S)oc2c1.[C-]#[O+].[C-]#[O+].[C-]#[O+].[C-]#[O+].[C-]#[O+].[C-]#[O+].[Co].[Co]. The van der Waals surface area contributed by atoms with Gasteiger partial charge < -0.3 is 9.15 Å². The second-order valence-electron chi connectivity index (χ2n) is 2.95. The molecule has 0 aliphatic rings. The van der Waals surface area contributed by atoms with Gasteiger partial charge in [0.05, 0.1) is 0 Å². The summed E-state index contributed by atoms with van der Waals surface area (Å²) in [5, 5.41) is 0.983. The molecule has 0 saturated heterocycles. The van der Waals surface area contributed by atoms with Gasteiger partial charge in [0.25, 0.3) is 0 Å². The van der Waals surface area contributed by atoms with Crippen LogP contribution in [0.25, 0.3) is 11.0 Å². The summed E-state index contributed by atoms with van der Waals surface area (Å²) >= 11 is 4.93. The van der Waals surface area contributed by atoms with Crippen LogP contribution in [0.15, 0.2) is 34.7 Å². The number of fused-ring (bicyclic) bond motifs is 1. The summed E-state index contributed by atoms with van der Waals surface area (Å²) in [7, 11) is 0. The van der Waals surface area contributed by atoms with Crippen molar-refractivity contribution in [2.24, 2.45) is 0 Å². The first-order chi connectivity index (χ1) is 13.3. The Morgan fingerprint density at radius 3 is 1.66 bits per heavy atom. The molecule has 11 heteroatoms. The van der Waals surface area contributed by atoms with E-state index in [0.29, 0.717) is 16.0 Å². The minimum atomic E-state index is 0. The molecule has 0 N–H and O–H groups in total. The average Bonchev–Trinajstić information content (AvgIpc) is 2.80. The van der Waals surface area contributed by atoms with E-state index >= 15 is 0 Å². The number of rotatable bonds is 2. The van der Waals surface area contributed by atoms with Crippen LogP contribution >= 0.6 is 12.2 Å². The standard InChI is InChI=1S/C12H8O2S.6CO.2Co/c1-2-7-13-10-5-3-9-4-6-12(15)14-11(9)8-10;6*1-2;;/h1,3-6,8H,7H2;;;;;;;;. The Kier molecular flexibility index (Phi) is 70.2. The van der Waals surface area contributed by atoms with Crippen molar-refractivity contribution in [3.05, 3.63) is 74.9 Å². The van der Waals surface area contributed by atoms with Crippen LogP contribution in [-0.4, -0.2) is 6.61 Å². The Bertz CT molecular complexity index is 796. The van der Waals surface area contributed by atoms with Gasteiger partial charge in [-0.2, -0.15) is 0 Å². The summed E-state index contributed by atoms with van der Waals surface area (Å²) in [6.45, 7) is 27.2. The van der Waals surface area contributed by atoms with Crippen LogP contribution in [0.5, 0.6) is 5.75 Å². The van der Waals surface area contributed by atoms with Crippen molar-refractivity contribution < 1.29 is 70.6 Å². The first kappa shape index (κ1) is 45.4. The summed E-state index contributed by atoms with van der Waals surface area (Å²) in [5.74, 6) is 3.09. The van der Waals surface area contributed by atoms with Gasteiger partial charge in [-0.15, -0.1) is 6.42 Å². The van der Waals surface area contributed by atoms with Crippen molar-refractivity contribution in [3.8, 4) is 18.1 Å². The zero-order valence-corrected chi connectivity index (χ0v) is 16.9. The van der Waals surface area contributed by atoms with Crippen molar-refractivity contribution in [2.45, 2.75) is 0 Å². The molecule has 0 unspecified atom stereocenters. The molecule has 0 amide bonds. The van der Waals surface area contributed by atoms with Crippen molar-refractivity contribution in [1.29, 1.82) is 0 Å². The zero-order chi connectivity index (χ0) is 22.7. The fraction of sp³-hybridized carbons (Fsp3) is 0.0556. The van der Waals surface area contributed by atoms with Gasteiger partial charge in [-0.1, -0.05) is 5.92 Å². The van der Waals surface area contributed by atoms with E-state index in [2.05, 4.69) is 45.8 Å². The molecule has 152 valence electrons. The van der Waals surface area contributed by atoms with Gasteiger partial charge in [-0.25, -0.2) is 0 Å². The van der Waals surface area contributed by atoms with E-state index in [9.17, 15) is 0 Å². The third kappa shape index (κ3) is 25.7. The molecular weight excluding hydrogens is 494 g/mol. The Balaban J connectivity index is -0.0000000601. The number of terminal acetylenes is 1. The largest absolute Gasteiger partial charge is 0 e. The Morgan fingerprint density at radius 1 is 0.828 bits per heavy atom. The van der Waals surface area contributed by atoms with Crippen LogP contribution in [0.1, 0.15) is 0 Å². The van der Waals surface area contributed by atoms with E-state index in [1.165, 1.54) is 0 Å². The molecule has 0 aliphatic carbocycles. The van der Waals surface area contributed by atoms with Gasteiger partial charge in [-0.05, 0) is 36.5 Å². The monoisotopic (exact) mass is 502 g/mol. The molecule has 2 aromatic rings. The van der Waals surface area contributed by atoms with E-state index in [0.717, 1.165) is 5.39 Å². The van der Waals surface area contributed by atoms with E-state index in [-0.39, 0.29) is 40.2 Å². The Labute approximate surface area is 193 Å². The maximum Gasteiger partial charge on any atom is 0 e. The predicted molar refractivity (Wildman–Crippen MR) is 85.0 cm³/mol. The molecule has 8 nitrogen and oxygen atoms in total. The van der Waals surface area contributed by atoms with Crippen LogP contribution in [0.2, 0.25) is 0 Å². The van der Waals surface area contributed by atoms with Gasteiger partial charge >= 0.3 is 67.8 Å². The summed E-state index contributed by atoms with van der Waals surface area (Å²) in [5.41, 5.74) is 0.706. The smallest absolute Gasteiger partial charge is 0 e. The minimum absolute atomic E-state index is 0.